The smallest absolute Gasteiger partial charge is 0.231 e. The molecule has 0 saturated carbocycles. The Morgan fingerprint density at radius 2 is 1.95 bits per heavy atom. The molecule has 0 aliphatic carbocycles. The fourth-order valence-corrected chi connectivity index (χ4v) is 1.78. The van der Waals surface area contributed by atoms with Crippen LogP contribution in [0, 0.1) is 0 Å². The lowest BCUT2D eigenvalue weighted by atomic mass is 10.2. The van der Waals surface area contributed by atoms with Gasteiger partial charge in [0.1, 0.15) is 0 Å². The third-order valence-electron chi connectivity index (χ3n) is 2.86. The second-order valence-electron chi connectivity index (χ2n) is 4.40. The van der Waals surface area contributed by atoms with Crippen LogP contribution in [0.25, 0.3) is 0 Å². The molecule has 0 fully saturated rings. The third kappa shape index (κ3) is 4.86. The average molecular weight is 268 g/mol. The van der Waals surface area contributed by atoms with Gasteiger partial charge in [0.2, 0.25) is 17.8 Å². The molecule has 1 aromatic rings. The molecule has 1 atom stereocenters. The van der Waals surface area contributed by atoms with Crippen molar-refractivity contribution in [3.8, 4) is 0 Å². The minimum Gasteiger partial charge on any atom is -0.396 e. The minimum absolute atomic E-state index is 0.179. The fourth-order valence-electron chi connectivity index (χ4n) is 1.78. The maximum absolute atomic E-state index is 8.81. The number of nitrogens with zero attached hydrogens (tertiary/aromatic N) is 4. The van der Waals surface area contributed by atoms with Gasteiger partial charge in [-0.3, -0.25) is 0 Å². The summed E-state index contributed by atoms with van der Waals surface area (Å²) in [6.07, 6.45) is 1.60. The number of nitrogens with one attached hydrogen (secondary N) is 1. The van der Waals surface area contributed by atoms with Crippen LogP contribution in [0.1, 0.15) is 33.6 Å². The van der Waals surface area contributed by atoms with Crippen LogP contribution in [0.5, 0.6) is 0 Å². The Morgan fingerprint density at radius 3 is 2.53 bits per heavy atom. The summed E-state index contributed by atoms with van der Waals surface area (Å²) < 4.78 is 0. The van der Waals surface area contributed by atoms with Crippen LogP contribution in [0.3, 0.4) is 0 Å². The number of hydrogen-bond acceptors (Lipinski definition) is 7. The van der Waals surface area contributed by atoms with E-state index in [9.17, 15) is 0 Å². The van der Waals surface area contributed by atoms with Crippen LogP contribution in [-0.4, -0.2) is 45.8 Å². The van der Waals surface area contributed by atoms with Crippen LogP contribution in [0.2, 0.25) is 0 Å². The van der Waals surface area contributed by atoms with Crippen molar-refractivity contribution in [3.05, 3.63) is 0 Å². The summed E-state index contributed by atoms with van der Waals surface area (Å²) in [6.45, 7) is 7.93. The Balaban J connectivity index is 2.78. The van der Waals surface area contributed by atoms with Crippen LogP contribution >= 0.6 is 0 Å². The Bertz CT molecular complexity index is 382. The van der Waals surface area contributed by atoms with Gasteiger partial charge in [-0.05, 0) is 33.6 Å². The van der Waals surface area contributed by atoms with Gasteiger partial charge in [-0.1, -0.05) is 0 Å². The normalized spacial score (nSPS) is 12.2. The molecule has 0 aromatic carbocycles. The first-order valence-electron chi connectivity index (χ1n) is 6.74. The molecule has 7 nitrogen and oxygen atoms in total. The van der Waals surface area contributed by atoms with Gasteiger partial charge >= 0.3 is 0 Å². The Morgan fingerprint density at radius 1 is 1.26 bits per heavy atom. The first kappa shape index (κ1) is 15.4. The molecule has 4 N–H and O–H groups in total. The van der Waals surface area contributed by atoms with Gasteiger partial charge in [-0.15, -0.1) is 0 Å². The molecule has 1 heterocycles. The molecule has 0 spiro atoms. The molecular formula is C12H24N6O. The molecule has 0 saturated heterocycles. The Kier molecular flexibility index (Phi) is 6.27. The lowest BCUT2D eigenvalue weighted by Gasteiger charge is -2.20. The maximum Gasteiger partial charge on any atom is 0.231 e. The van der Waals surface area contributed by atoms with Crippen LogP contribution in [0.15, 0.2) is 0 Å². The summed E-state index contributed by atoms with van der Waals surface area (Å²) in [5.41, 5.74) is 5.71. The molecule has 1 rings (SSSR count). The van der Waals surface area contributed by atoms with E-state index >= 15 is 0 Å². The largest absolute Gasteiger partial charge is 0.396 e. The van der Waals surface area contributed by atoms with E-state index < -0.39 is 0 Å². The fraction of sp³-hybridized carbons (Fsp3) is 0.750. The van der Waals surface area contributed by atoms with Gasteiger partial charge in [0.25, 0.3) is 0 Å². The van der Waals surface area contributed by atoms with Crippen LogP contribution < -0.4 is 16.0 Å². The zero-order valence-corrected chi connectivity index (χ0v) is 11.9. The summed E-state index contributed by atoms with van der Waals surface area (Å²) in [5, 5.41) is 12.0. The first-order chi connectivity index (χ1) is 9.10. The summed E-state index contributed by atoms with van der Waals surface area (Å²) in [6, 6.07) is 0.179. The topological polar surface area (TPSA) is 100 Å². The highest BCUT2D eigenvalue weighted by atomic mass is 16.2. The highest BCUT2D eigenvalue weighted by Gasteiger charge is 2.11. The highest BCUT2D eigenvalue weighted by molar-refractivity contribution is 5.42. The second-order valence-corrected chi connectivity index (χ2v) is 4.40. The van der Waals surface area contributed by atoms with Crippen molar-refractivity contribution in [1.82, 2.24) is 15.0 Å². The van der Waals surface area contributed by atoms with Gasteiger partial charge in [0, 0.05) is 25.7 Å². The van der Waals surface area contributed by atoms with Gasteiger partial charge in [-0.2, -0.15) is 15.0 Å². The number of aromatic nitrogens is 3. The highest BCUT2D eigenvalue weighted by Crippen LogP contribution is 2.13. The predicted octanol–water partition coefficient (Wildman–Crippen LogP) is 0.873. The van der Waals surface area contributed by atoms with Gasteiger partial charge in [0.05, 0.1) is 0 Å². The SMILES string of the molecule is CCN(CC)c1nc(N)nc(NC(C)CCCO)n1. The van der Waals surface area contributed by atoms with Crippen molar-refractivity contribution in [2.45, 2.75) is 39.7 Å². The van der Waals surface area contributed by atoms with E-state index in [4.69, 9.17) is 10.8 Å². The molecule has 0 aliphatic heterocycles. The van der Waals surface area contributed by atoms with Gasteiger partial charge in [-0.25, -0.2) is 0 Å². The average Bonchev–Trinajstić information content (AvgIpc) is 2.37. The molecule has 19 heavy (non-hydrogen) atoms. The molecule has 1 unspecified atom stereocenters. The lowest BCUT2D eigenvalue weighted by Crippen LogP contribution is -2.26. The molecule has 0 bridgehead atoms. The molecule has 0 radical (unpaired) electrons. The molecule has 7 heteroatoms. The molecule has 1 aromatic heterocycles. The monoisotopic (exact) mass is 268 g/mol. The second kappa shape index (κ2) is 7.73. The third-order valence-corrected chi connectivity index (χ3v) is 2.86. The quantitative estimate of drug-likeness (QED) is 0.643. The van der Waals surface area contributed by atoms with Crippen molar-refractivity contribution >= 4 is 17.8 Å². The number of aliphatic hydroxyl groups is 1. The standard InChI is InChI=1S/C12H24N6O/c1-4-18(5-2)12-16-10(13)15-11(17-12)14-9(3)7-6-8-19/h9,19H,4-8H2,1-3H3,(H3,13,14,15,16,17). The van der Waals surface area contributed by atoms with Gasteiger partial charge in [0.15, 0.2) is 0 Å². The molecular weight excluding hydrogens is 244 g/mol. The minimum atomic E-state index is 0.179. The Labute approximate surface area is 114 Å². The van der Waals surface area contributed by atoms with Crippen molar-refractivity contribution in [2.75, 3.05) is 35.6 Å². The van der Waals surface area contributed by atoms with Crippen molar-refractivity contribution in [2.24, 2.45) is 0 Å². The van der Waals surface area contributed by atoms with Crippen molar-refractivity contribution < 1.29 is 5.11 Å². The number of nitrogens with two attached hydrogens (primary N) is 1. The van der Waals surface area contributed by atoms with Gasteiger partial charge < -0.3 is 21.1 Å². The van der Waals surface area contributed by atoms with Crippen molar-refractivity contribution in [3.63, 3.8) is 0 Å². The Hall–Kier alpha value is -1.63. The van der Waals surface area contributed by atoms with Crippen LogP contribution in [-0.2, 0) is 0 Å². The summed E-state index contributed by atoms with van der Waals surface area (Å²) >= 11 is 0. The van der Waals surface area contributed by atoms with E-state index in [1.807, 2.05) is 25.7 Å². The molecule has 108 valence electrons. The zero-order valence-electron chi connectivity index (χ0n) is 11.9. The van der Waals surface area contributed by atoms with E-state index in [1.165, 1.54) is 0 Å². The first-order valence-corrected chi connectivity index (χ1v) is 6.74. The summed E-state index contributed by atoms with van der Waals surface area (Å²) in [4.78, 5) is 14.6. The number of nitrogen functional groups attached to an aromatic ring is 1. The lowest BCUT2D eigenvalue weighted by molar-refractivity contribution is 0.282. The molecule has 0 aliphatic rings. The zero-order chi connectivity index (χ0) is 14.3. The number of hydrogen-bond donors (Lipinski definition) is 3. The predicted molar refractivity (Wildman–Crippen MR) is 77.2 cm³/mol. The molecule has 0 amide bonds. The number of anilines is 3. The van der Waals surface area contributed by atoms with Crippen LogP contribution in [0.4, 0.5) is 17.8 Å². The van der Waals surface area contributed by atoms with E-state index in [0.717, 1.165) is 25.9 Å². The summed E-state index contributed by atoms with van der Waals surface area (Å²) in [5.74, 6) is 1.29. The summed E-state index contributed by atoms with van der Waals surface area (Å²) in [7, 11) is 0. The van der Waals surface area contributed by atoms with E-state index in [2.05, 4.69) is 20.3 Å². The number of aliphatic hydroxyl groups excluding tert-OH is 1. The van der Waals surface area contributed by atoms with Crippen molar-refractivity contribution in [1.29, 1.82) is 0 Å². The van der Waals surface area contributed by atoms with E-state index in [-0.39, 0.29) is 18.6 Å². The number of rotatable bonds is 8. The maximum atomic E-state index is 8.81. The van der Waals surface area contributed by atoms with E-state index in [1.54, 1.807) is 0 Å². The van der Waals surface area contributed by atoms with E-state index in [0.29, 0.717) is 11.9 Å².